The van der Waals surface area contributed by atoms with Crippen LogP contribution in [-0.4, -0.2) is 86.4 Å². The summed E-state index contributed by atoms with van der Waals surface area (Å²) in [6, 6.07) is 9.79. The Morgan fingerprint density at radius 2 is 1.92 bits per heavy atom. The van der Waals surface area contributed by atoms with Crippen LogP contribution in [0.4, 0.5) is 8.78 Å². The first-order valence-electron chi connectivity index (χ1n) is 13.8. The van der Waals surface area contributed by atoms with Crippen molar-refractivity contribution in [3.05, 3.63) is 71.2 Å². The summed E-state index contributed by atoms with van der Waals surface area (Å²) in [4.78, 5) is 18.0. The van der Waals surface area contributed by atoms with Crippen molar-refractivity contribution in [1.29, 1.82) is 0 Å². The standard InChI is InChI=1S/C29H36ClF2N5O2/c1-2-12-34-14-16-36(17-15-34)29(30)11-10-23(21-7-4-3-5-8-21)25(18-29)35-13-6-9-22(20-35)37-26(27(31)32)24(19-33-37)28(38)39/h3-5,7-8,10-11,19,22,27H,2,6,9,12-18,20H2,1H3,(H,38,39). The lowest BCUT2D eigenvalue weighted by Crippen LogP contribution is -2.55. The molecular weight excluding hydrogens is 524 g/mol. The highest BCUT2D eigenvalue weighted by Crippen LogP contribution is 2.42. The first-order chi connectivity index (χ1) is 18.8. The van der Waals surface area contributed by atoms with Gasteiger partial charge in [-0.05, 0) is 37.4 Å². The molecule has 2 fully saturated rings. The molecule has 0 amide bonds. The summed E-state index contributed by atoms with van der Waals surface area (Å²) in [6.45, 7) is 8.24. The Morgan fingerprint density at radius 1 is 1.18 bits per heavy atom. The number of alkyl halides is 3. The number of likely N-dealkylation sites (tertiary alicyclic amines) is 1. The number of aromatic carboxylic acids is 1. The van der Waals surface area contributed by atoms with Gasteiger partial charge in [0.25, 0.3) is 6.43 Å². The largest absolute Gasteiger partial charge is 0.478 e. The maximum Gasteiger partial charge on any atom is 0.339 e. The van der Waals surface area contributed by atoms with E-state index in [2.05, 4.69) is 51.0 Å². The highest BCUT2D eigenvalue weighted by Gasteiger charge is 2.40. The van der Waals surface area contributed by atoms with Crippen molar-refractivity contribution < 1.29 is 18.7 Å². The van der Waals surface area contributed by atoms with Gasteiger partial charge in [-0.2, -0.15) is 5.10 Å². The molecule has 1 N–H and O–H groups in total. The van der Waals surface area contributed by atoms with Crippen LogP contribution >= 0.6 is 11.6 Å². The normalized spacial score (nSPS) is 25.1. The number of carbonyl (C=O) groups is 1. The number of piperidine rings is 1. The lowest BCUT2D eigenvalue weighted by Gasteiger charge is -2.47. The van der Waals surface area contributed by atoms with E-state index in [4.69, 9.17) is 11.6 Å². The SMILES string of the molecule is CCCN1CCN(C2(Cl)C=CC(c3ccccc3)=C(N3CCCC(n4ncc(C(=O)O)c4C(F)F)C3)C2)CC1. The van der Waals surface area contributed by atoms with Crippen LogP contribution in [0.5, 0.6) is 0 Å². The van der Waals surface area contributed by atoms with E-state index in [-0.39, 0.29) is 6.04 Å². The Balaban J connectivity index is 1.45. The molecule has 2 aromatic rings. The average Bonchev–Trinajstić information content (AvgIpc) is 3.41. The highest BCUT2D eigenvalue weighted by atomic mass is 35.5. The van der Waals surface area contributed by atoms with Crippen LogP contribution in [-0.2, 0) is 0 Å². The summed E-state index contributed by atoms with van der Waals surface area (Å²) < 4.78 is 29.2. The summed E-state index contributed by atoms with van der Waals surface area (Å²) in [6.07, 6.45) is 5.49. The van der Waals surface area contributed by atoms with Crippen molar-refractivity contribution >= 4 is 23.1 Å². The van der Waals surface area contributed by atoms with Crippen molar-refractivity contribution in [1.82, 2.24) is 24.5 Å². The fourth-order valence-corrected chi connectivity index (χ4v) is 6.54. The molecule has 3 heterocycles. The Labute approximate surface area is 233 Å². The molecule has 2 saturated heterocycles. The van der Waals surface area contributed by atoms with E-state index >= 15 is 0 Å². The maximum absolute atomic E-state index is 14.0. The average molecular weight is 560 g/mol. The van der Waals surface area contributed by atoms with Crippen LogP contribution in [0, 0.1) is 0 Å². The fraction of sp³-hybridized carbons (Fsp3) is 0.517. The molecule has 1 aliphatic carbocycles. The Hall–Kier alpha value is -2.75. The van der Waals surface area contributed by atoms with Crippen LogP contribution in [0.15, 0.2) is 54.4 Å². The van der Waals surface area contributed by atoms with E-state index in [0.717, 1.165) is 75.1 Å². The number of benzene rings is 1. The number of carboxylic acid groups (broad SMARTS) is 1. The Morgan fingerprint density at radius 3 is 2.59 bits per heavy atom. The second-order valence-corrected chi connectivity index (χ2v) is 11.3. The van der Waals surface area contributed by atoms with Crippen LogP contribution < -0.4 is 0 Å². The van der Waals surface area contributed by atoms with E-state index in [1.54, 1.807) is 0 Å². The molecule has 2 aliphatic heterocycles. The minimum Gasteiger partial charge on any atom is -0.478 e. The van der Waals surface area contributed by atoms with E-state index in [9.17, 15) is 18.7 Å². The van der Waals surface area contributed by atoms with Gasteiger partial charge in [0.15, 0.2) is 0 Å². The second kappa shape index (κ2) is 11.8. The van der Waals surface area contributed by atoms with E-state index in [0.29, 0.717) is 19.4 Å². The molecule has 210 valence electrons. The number of carboxylic acids is 1. The van der Waals surface area contributed by atoms with Gasteiger partial charge in [0, 0.05) is 57.0 Å². The topological polar surface area (TPSA) is 64.8 Å². The third kappa shape index (κ3) is 5.76. The number of rotatable bonds is 8. The number of hydrogen-bond donors (Lipinski definition) is 1. The number of nitrogens with zero attached hydrogens (tertiary/aromatic N) is 5. The zero-order valence-electron chi connectivity index (χ0n) is 22.3. The van der Waals surface area contributed by atoms with Gasteiger partial charge in [-0.1, -0.05) is 54.9 Å². The molecule has 2 atom stereocenters. The summed E-state index contributed by atoms with van der Waals surface area (Å²) in [5, 5.41) is 13.6. The van der Waals surface area contributed by atoms with Gasteiger partial charge in [0.05, 0.1) is 12.2 Å². The minimum atomic E-state index is -2.92. The van der Waals surface area contributed by atoms with Gasteiger partial charge < -0.3 is 14.9 Å². The molecule has 7 nitrogen and oxygen atoms in total. The number of hydrogen-bond acceptors (Lipinski definition) is 5. The third-order valence-corrected chi connectivity index (χ3v) is 8.65. The van der Waals surface area contributed by atoms with Crippen LogP contribution in [0.25, 0.3) is 5.57 Å². The van der Waals surface area contributed by atoms with E-state index < -0.39 is 28.7 Å². The summed E-state index contributed by atoms with van der Waals surface area (Å²) in [5.74, 6) is -1.39. The summed E-state index contributed by atoms with van der Waals surface area (Å²) in [7, 11) is 0. The van der Waals surface area contributed by atoms with Gasteiger partial charge in [-0.25, -0.2) is 13.6 Å². The smallest absolute Gasteiger partial charge is 0.339 e. The quantitative estimate of drug-likeness (QED) is 0.341. The predicted molar refractivity (Wildman–Crippen MR) is 148 cm³/mol. The highest BCUT2D eigenvalue weighted by molar-refractivity contribution is 6.25. The van der Waals surface area contributed by atoms with Crippen LogP contribution in [0.3, 0.4) is 0 Å². The lowest BCUT2D eigenvalue weighted by molar-refractivity contribution is 0.0678. The molecule has 0 spiro atoms. The first-order valence-corrected chi connectivity index (χ1v) is 14.2. The maximum atomic E-state index is 14.0. The Kier molecular flexibility index (Phi) is 8.40. The van der Waals surface area contributed by atoms with Crippen molar-refractivity contribution in [3.8, 4) is 0 Å². The van der Waals surface area contributed by atoms with E-state index in [1.165, 1.54) is 4.68 Å². The van der Waals surface area contributed by atoms with Gasteiger partial charge in [0.2, 0.25) is 0 Å². The minimum absolute atomic E-state index is 0.367. The molecule has 5 rings (SSSR count). The van der Waals surface area contributed by atoms with Crippen LogP contribution in [0.1, 0.15) is 66.7 Å². The van der Waals surface area contributed by atoms with Crippen molar-refractivity contribution in [2.24, 2.45) is 0 Å². The van der Waals surface area contributed by atoms with Gasteiger partial charge in [-0.3, -0.25) is 9.58 Å². The molecule has 2 unspecified atom stereocenters. The molecule has 3 aliphatic rings. The van der Waals surface area contributed by atoms with Crippen molar-refractivity contribution in [2.75, 3.05) is 45.8 Å². The van der Waals surface area contributed by atoms with Gasteiger partial charge in [0.1, 0.15) is 16.3 Å². The molecule has 0 radical (unpaired) electrons. The second-order valence-electron chi connectivity index (χ2n) is 10.6. The molecule has 1 aromatic carbocycles. The third-order valence-electron chi connectivity index (χ3n) is 8.15. The van der Waals surface area contributed by atoms with Crippen molar-refractivity contribution in [3.63, 3.8) is 0 Å². The zero-order chi connectivity index (χ0) is 27.6. The fourth-order valence-electron chi connectivity index (χ4n) is 6.18. The molecule has 0 bridgehead atoms. The number of piperazine rings is 1. The monoisotopic (exact) mass is 559 g/mol. The van der Waals surface area contributed by atoms with E-state index in [1.807, 2.05) is 18.2 Å². The number of halogens is 3. The predicted octanol–water partition coefficient (Wildman–Crippen LogP) is 5.49. The van der Waals surface area contributed by atoms with Crippen molar-refractivity contribution in [2.45, 2.75) is 50.1 Å². The van der Waals surface area contributed by atoms with Gasteiger partial charge >= 0.3 is 5.97 Å². The van der Waals surface area contributed by atoms with Gasteiger partial charge in [-0.15, -0.1) is 0 Å². The Bertz CT molecular complexity index is 1230. The molecular formula is C29H36ClF2N5O2. The molecule has 1 aromatic heterocycles. The first kappa shape index (κ1) is 27.8. The zero-order valence-corrected chi connectivity index (χ0v) is 23.0. The number of aromatic nitrogens is 2. The molecule has 10 heteroatoms. The van der Waals surface area contributed by atoms with Crippen LogP contribution in [0.2, 0.25) is 0 Å². The molecule has 39 heavy (non-hydrogen) atoms. The summed E-state index contributed by atoms with van der Waals surface area (Å²) >= 11 is 7.38. The summed E-state index contributed by atoms with van der Waals surface area (Å²) in [5.41, 5.74) is 2.29. The molecule has 0 saturated carbocycles. The lowest BCUT2D eigenvalue weighted by atomic mass is 9.90. The number of allylic oxidation sites excluding steroid dienone is 2.